The van der Waals surface area contributed by atoms with E-state index in [2.05, 4.69) is 26.2 Å². The molecule has 0 saturated carbocycles. The summed E-state index contributed by atoms with van der Waals surface area (Å²) in [5.41, 5.74) is 0.566. The van der Waals surface area contributed by atoms with Crippen molar-refractivity contribution in [3.8, 4) is 0 Å². The molecule has 4 heteroatoms. The molecule has 0 aliphatic heterocycles. The Kier molecular flexibility index (Phi) is 2.59. The highest BCUT2D eigenvalue weighted by atomic mass is 79.9. The molecule has 0 amide bonds. The number of hydrogen-bond donors (Lipinski definition) is 1. The van der Waals surface area contributed by atoms with Gasteiger partial charge in [0.15, 0.2) is 6.29 Å². The Labute approximate surface area is 73.0 Å². The van der Waals surface area contributed by atoms with E-state index < -0.39 is 0 Å². The molecule has 0 aliphatic carbocycles. The number of aromatic nitrogens is 1. The fourth-order valence-electron chi connectivity index (χ4n) is 0.701. The lowest BCUT2D eigenvalue weighted by atomic mass is 10.3. The monoisotopic (exact) mass is 214 g/mol. The zero-order chi connectivity index (χ0) is 8.27. The molecule has 0 fully saturated rings. The molecule has 1 N–H and O–H groups in total. The second kappa shape index (κ2) is 3.48. The van der Waals surface area contributed by atoms with Crippen molar-refractivity contribution >= 4 is 28.0 Å². The summed E-state index contributed by atoms with van der Waals surface area (Å²) in [6.45, 7) is 0. The van der Waals surface area contributed by atoms with Gasteiger partial charge in [-0.25, -0.2) is 4.98 Å². The summed E-state index contributed by atoms with van der Waals surface area (Å²) in [6, 6.07) is 1.71. The summed E-state index contributed by atoms with van der Waals surface area (Å²) in [5, 5.41) is 2.87. The van der Waals surface area contributed by atoms with E-state index in [1.165, 1.54) is 6.20 Å². The highest BCUT2D eigenvalue weighted by Gasteiger charge is 1.98. The Morgan fingerprint density at radius 2 is 2.45 bits per heavy atom. The molecule has 0 spiro atoms. The van der Waals surface area contributed by atoms with Gasteiger partial charge in [0.25, 0.3) is 0 Å². The standard InChI is InChI=1S/C7H7BrN2O/c1-9-7-6(8)2-5(4-11)3-10-7/h2-4H,1H3,(H,9,10). The highest BCUT2D eigenvalue weighted by molar-refractivity contribution is 9.10. The first-order valence-electron chi connectivity index (χ1n) is 3.06. The van der Waals surface area contributed by atoms with Crippen molar-refractivity contribution < 1.29 is 4.79 Å². The molecule has 0 saturated heterocycles. The van der Waals surface area contributed by atoms with E-state index in [4.69, 9.17) is 0 Å². The topological polar surface area (TPSA) is 42.0 Å². The lowest BCUT2D eigenvalue weighted by molar-refractivity contribution is 0.112. The molecule has 58 valence electrons. The number of hydrogen-bond acceptors (Lipinski definition) is 3. The van der Waals surface area contributed by atoms with Crippen LogP contribution in [0.25, 0.3) is 0 Å². The van der Waals surface area contributed by atoms with Gasteiger partial charge in [0.2, 0.25) is 0 Å². The minimum atomic E-state index is 0.566. The van der Waals surface area contributed by atoms with E-state index in [1.807, 2.05) is 0 Å². The van der Waals surface area contributed by atoms with E-state index in [1.54, 1.807) is 13.1 Å². The van der Waals surface area contributed by atoms with Crippen LogP contribution in [0.1, 0.15) is 10.4 Å². The smallest absolute Gasteiger partial charge is 0.151 e. The predicted octanol–water partition coefficient (Wildman–Crippen LogP) is 1.70. The molecule has 0 aromatic carbocycles. The number of carbonyl (C=O) groups is 1. The molecular formula is C7H7BrN2O. The second-order valence-corrected chi connectivity index (χ2v) is 2.82. The third kappa shape index (κ3) is 1.77. The van der Waals surface area contributed by atoms with E-state index in [9.17, 15) is 4.79 Å². The molecular weight excluding hydrogens is 208 g/mol. The fraction of sp³-hybridized carbons (Fsp3) is 0.143. The SMILES string of the molecule is CNc1ncc(C=O)cc1Br. The van der Waals surface area contributed by atoms with Crippen molar-refractivity contribution in [3.63, 3.8) is 0 Å². The Bertz CT molecular complexity index is 275. The van der Waals surface area contributed by atoms with Crippen LogP contribution in [-0.2, 0) is 0 Å². The first-order valence-corrected chi connectivity index (χ1v) is 3.85. The molecule has 1 aromatic heterocycles. The maximum absolute atomic E-state index is 10.3. The van der Waals surface area contributed by atoms with E-state index >= 15 is 0 Å². The van der Waals surface area contributed by atoms with Gasteiger partial charge in [-0.3, -0.25) is 4.79 Å². The lowest BCUT2D eigenvalue weighted by Gasteiger charge is -2.00. The maximum Gasteiger partial charge on any atom is 0.151 e. The van der Waals surface area contributed by atoms with E-state index in [0.29, 0.717) is 5.56 Å². The number of halogens is 1. The summed E-state index contributed by atoms with van der Waals surface area (Å²) < 4.78 is 0.796. The van der Waals surface area contributed by atoms with Crippen molar-refractivity contribution in [1.29, 1.82) is 0 Å². The van der Waals surface area contributed by atoms with Crippen LogP contribution in [0, 0.1) is 0 Å². The average Bonchev–Trinajstić information content (AvgIpc) is 2.04. The highest BCUT2D eigenvalue weighted by Crippen LogP contribution is 2.18. The van der Waals surface area contributed by atoms with Crippen LogP contribution in [0.4, 0.5) is 5.82 Å². The Morgan fingerprint density at radius 1 is 1.73 bits per heavy atom. The van der Waals surface area contributed by atoms with Gasteiger partial charge in [0, 0.05) is 18.8 Å². The number of carbonyl (C=O) groups excluding carboxylic acids is 1. The fourth-order valence-corrected chi connectivity index (χ4v) is 1.27. The Balaban J connectivity index is 3.09. The van der Waals surface area contributed by atoms with Crippen molar-refractivity contribution in [3.05, 3.63) is 22.3 Å². The first kappa shape index (κ1) is 8.20. The molecule has 1 aromatic rings. The number of anilines is 1. The molecule has 11 heavy (non-hydrogen) atoms. The van der Waals surface area contributed by atoms with E-state index in [0.717, 1.165) is 16.6 Å². The van der Waals surface area contributed by atoms with Gasteiger partial charge in [-0.2, -0.15) is 0 Å². The van der Waals surface area contributed by atoms with E-state index in [-0.39, 0.29) is 0 Å². The van der Waals surface area contributed by atoms with Crippen LogP contribution in [0.3, 0.4) is 0 Å². The van der Waals surface area contributed by atoms with Crippen LogP contribution in [-0.4, -0.2) is 18.3 Å². The normalized spacial score (nSPS) is 9.27. The lowest BCUT2D eigenvalue weighted by Crippen LogP contribution is -1.94. The van der Waals surface area contributed by atoms with Gasteiger partial charge in [-0.05, 0) is 22.0 Å². The first-order chi connectivity index (χ1) is 5.27. The summed E-state index contributed by atoms with van der Waals surface area (Å²) in [7, 11) is 1.77. The average molecular weight is 215 g/mol. The van der Waals surface area contributed by atoms with Crippen LogP contribution in [0.15, 0.2) is 16.7 Å². The molecule has 0 bridgehead atoms. The van der Waals surface area contributed by atoms with Gasteiger partial charge in [0.05, 0.1) is 4.47 Å². The van der Waals surface area contributed by atoms with Crippen LogP contribution in [0.2, 0.25) is 0 Å². The van der Waals surface area contributed by atoms with Crippen molar-refractivity contribution in [2.75, 3.05) is 12.4 Å². The summed E-state index contributed by atoms with van der Waals surface area (Å²) in [6.07, 6.45) is 2.28. The number of nitrogens with zero attached hydrogens (tertiary/aromatic N) is 1. The number of nitrogens with one attached hydrogen (secondary N) is 1. The molecule has 0 aliphatic rings. The number of rotatable bonds is 2. The second-order valence-electron chi connectivity index (χ2n) is 1.97. The summed E-state index contributed by atoms with van der Waals surface area (Å²) in [5.74, 6) is 0.732. The Hall–Kier alpha value is -0.900. The molecule has 0 atom stereocenters. The zero-order valence-electron chi connectivity index (χ0n) is 5.97. The quantitative estimate of drug-likeness (QED) is 0.763. The molecule has 0 unspecified atom stereocenters. The minimum absolute atomic E-state index is 0.566. The van der Waals surface area contributed by atoms with Crippen molar-refractivity contribution in [2.24, 2.45) is 0 Å². The van der Waals surface area contributed by atoms with Crippen molar-refractivity contribution in [2.45, 2.75) is 0 Å². The zero-order valence-corrected chi connectivity index (χ0v) is 7.55. The predicted molar refractivity (Wildman–Crippen MR) is 46.9 cm³/mol. The maximum atomic E-state index is 10.3. The number of aldehydes is 1. The third-order valence-corrected chi connectivity index (χ3v) is 1.84. The molecule has 0 radical (unpaired) electrons. The third-order valence-electron chi connectivity index (χ3n) is 1.24. The number of pyridine rings is 1. The summed E-state index contributed by atoms with van der Waals surface area (Å²) >= 11 is 3.26. The van der Waals surface area contributed by atoms with Crippen LogP contribution in [0.5, 0.6) is 0 Å². The van der Waals surface area contributed by atoms with Crippen LogP contribution >= 0.6 is 15.9 Å². The largest absolute Gasteiger partial charge is 0.372 e. The minimum Gasteiger partial charge on any atom is -0.372 e. The molecule has 1 rings (SSSR count). The van der Waals surface area contributed by atoms with Crippen molar-refractivity contribution in [1.82, 2.24) is 4.98 Å². The van der Waals surface area contributed by atoms with Gasteiger partial charge in [-0.1, -0.05) is 0 Å². The van der Waals surface area contributed by atoms with Gasteiger partial charge in [0.1, 0.15) is 5.82 Å². The molecule has 1 heterocycles. The van der Waals surface area contributed by atoms with Crippen LogP contribution < -0.4 is 5.32 Å². The van der Waals surface area contributed by atoms with Gasteiger partial charge in [-0.15, -0.1) is 0 Å². The molecule has 3 nitrogen and oxygen atoms in total. The van der Waals surface area contributed by atoms with Gasteiger partial charge < -0.3 is 5.32 Å². The Morgan fingerprint density at radius 3 is 2.91 bits per heavy atom. The van der Waals surface area contributed by atoms with Gasteiger partial charge >= 0.3 is 0 Å². The summed E-state index contributed by atoms with van der Waals surface area (Å²) in [4.78, 5) is 14.3.